The minimum Gasteiger partial charge on any atom is -0.394 e. The van der Waals surface area contributed by atoms with Crippen LogP contribution >= 0.6 is 11.8 Å². The lowest BCUT2D eigenvalue weighted by Crippen LogP contribution is -2.61. The quantitative estimate of drug-likeness (QED) is 0.0582. The van der Waals surface area contributed by atoms with E-state index >= 15 is 0 Å². The van der Waals surface area contributed by atoms with Crippen molar-refractivity contribution in [3.63, 3.8) is 0 Å². The molecule has 1 aliphatic rings. The second-order valence-electron chi connectivity index (χ2n) is 26.3. The van der Waals surface area contributed by atoms with Gasteiger partial charge in [-0.1, -0.05) is 76.9 Å². The second kappa shape index (κ2) is 45.1. The van der Waals surface area contributed by atoms with E-state index in [9.17, 15) is 86.6 Å². The van der Waals surface area contributed by atoms with Gasteiger partial charge < -0.3 is 105 Å². The highest BCUT2D eigenvalue weighted by Crippen LogP contribution is 2.17. The maximum absolute atomic E-state index is 14.8. The van der Waals surface area contributed by atoms with Crippen LogP contribution in [0.3, 0.4) is 0 Å². The molecule has 39 heteroatoms. The van der Waals surface area contributed by atoms with Crippen LogP contribution in [0.4, 0.5) is 0 Å². The molecular formula is C68H106N20O18S. The Balaban J connectivity index is 2.16. The van der Waals surface area contributed by atoms with Crippen molar-refractivity contribution in [3.8, 4) is 0 Å². The number of imidazole rings is 1. The van der Waals surface area contributed by atoms with Crippen molar-refractivity contribution in [2.24, 2.45) is 23.1 Å². The van der Waals surface area contributed by atoms with Crippen molar-refractivity contribution in [2.45, 2.75) is 172 Å². The first-order chi connectivity index (χ1) is 50.4. The largest absolute Gasteiger partial charge is 0.394 e. The minimum absolute atomic E-state index is 0.0137. The number of primary amides is 2. The molecule has 1 aromatic carbocycles. The van der Waals surface area contributed by atoms with Gasteiger partial charge in [0.05, 0.1) is 44.7 Å². The number of thioether (sulfide) groups is 1. The summed E-state index contributed by atoms with van der Waals surface area (Å²) in [6, 6.07) is -9.73. The number of carbonyl (C=O) groups excluding carboxylic acids is 17. The Morgan fingerprint density at radius 2 is 1.22 bits per heavy atom. The first-order valence-corrected chi connectivity index (χ1v) is 36.0. The first kappa shape index (κ1) is 90.6. The van der Waals surface area contributed by atoms with Gasteiger partial charge in [0, 0.05) is 71.8 Å². The summed E-state index contributed by atoms with van der Waals surface area (Å²) in [7, 11) is 5.01. The summed E-state index contributed by atoms with van der Waals surface area (Å²) < 4.78 is 0. The SMILES string of the molecule is C=C[C@H]1C(=O)N[C@@H](Cc2cnc[nH]2)C(=O)N[C@@H](CC(C)C)C(=O)N(C)CC(=O)N[C@@H](C)C(=O)N[C@@H](CO)C(=O)N[C@@H](C)C(=O)N(C)[C@@H](CCCC)C(=O)N(C)CC(=O)N[C@@H](CN)C(=O)N[C@H](C(=O)NCC(N)=O)CSCC(=O)N[C@@H](Cc2ccccc2)C(=O)N(C)[C@@H](C)C(=O)N[C@@H](CC(N)=O)C(=O)N1CCC. The smallest absolute Gasteiger partial charge is 0.247 e. The summed E-state index contributed by atoms with van der Waals surface area (Å²) in [5.41, 5.74) is 17.8. The number of nitrogens with one attached hydrogen (secondary N) is 11. The molecule has 0 radical (unpaired) electrons. The Morgan fingerprint density at radius 3 is 1.79 bits per heavy atom. The van der Waals surface area contributed by atoms with Gasteiger partial charge in [0.25, 0.3) is 0 Å². The summed E-state index contributed by atoms with van der Waals surface area (Å²) in [5, 5.41) is 34.9. The maximum atomic E-state index is 14.8. The molecule has 2 heterocycles. The number of amides is 17. The van der Waals surface area contributed by atoms with Crippen LogP contribution in [0.5, 0.6) is 0 Å². The van der Waals surface area contributed by atoms with E-state index in [2.05, 4.69) is 69.7 Å². The van der Waals surface area contributed by atoms with Crippen LogP contribution in [0.15, 0.2) is 55.5 Å². The molecule has 17 amide bonds. The lowest BCUT2D eigenvalue weighted by Gasteiger charge is -2.34. The molecule has 1 fully saturated rings. The molecule has 3 rings (SSSR count). The van der Waals surface area contributed by atoms with Gasteiger partial charge in [0.2, 0.25) is 100 Å². The predicted molar refractivity (Wildman–Crippen MR) is 390 cm³/mol. The van der Waals surface area contributed by atoms with Crippen LogP contribution in [0, 0.1) is 5.92 Å². The number of carbonyl (C=O) groups is 17. The molecule has 0 spiro atoms. The van der Waals surface area contributed by atoms with Crippen LogP contribution in [-0.2, 0) is 94.3 Å². The van der Waals surface area contributed by atoms with Crippen LogP contribution in [0.25, 0.3) is 0 Å². The molecule has 38 nitrogen and oxygen atoms in total. The average molecular weight is 1520 g/mol. The van der Waals surface area contributed by atoms with Crippen LogP contribution < -0.4 is 70.4 Å². The molecule has 1 saturated heterocycles. The fourth-order valence-electron chi connectivity index (χ4n) is 11.0. The van der Waals surface area contributed by atoms with Crippen LogP contribution in [0.2, 0.25) is 0 Å². The lowest BCUT2D eigenvalue weighted by molar-refractivity contribution is -0.147. The predicted octanol–water partition coefficient (Wildman–Crippen LogP) is -6.61. The number of aliphatic hydroxyl groups excluding tert-OH is 1. The van der Waals surface area contributed by atoms with Gasteiger partial charge in [-0.25, -0.2) is 4.98 Å². The van der Waals surface area contributed by atoms with E-state index < -0.39 is 224 Å². The number of hydrogen-bond acceptors (Lipinski definition) is 21. The molecule has 12 atom stereocenters. The summed E-state index contributed by atoms with van der Waals surface area (Å²) in [5.74, 6) is -17.0. The number of aromatic nitrogens is 2. The van der Waals surface area contributed by atoms with Gasteiger partial charge in [0.15, 0.2) is 0 Å². The van der Waals surface area contributed by atoms with Crippen LogP contribution in [-0.4, -0.2) is 292 Å². The number of aromatic amines is 1. The van der Waals surface area contributed by atoms with Crippen molar-refractivity contribution in [3.05, 3.63) is 66.8 Å². The van der Waals surface area contributed by atoms with E-state index in [1.54, 1.807) is 51.1 Å². The number of hydrogen-bond donors (Lipinski definition) is 15. The molecule has 1 aromatic heterocycles. The number of rotatable bonds is 19. The topological polar surface area (TPSA) is 554 Å². The summed E-state index contributed by atoms with van der Waals surface area (Å²) >= 11 is 0.778. The molecular weight excluding hydrogens is 1420 g/mol. The lowest BCUT2D eigenvalue weighted by atomic mass is 10.0. The molecule has 0 saturated carbocycles. The number of H-pyrrole nitrogens is 1. The number of nitrogens with zero attached hydrogens (tertiary/aromatic N) is 6. The zero-order valence-corrected chi connectivity index (χ0v) is 63.2. The molecule has 107 heavy (non-hydrogen) atoms. The monoisotopic (exact) mass is 1520 g/mol. The first-order valence-electron chi connectivity index (χ1n) is 34.8. The van der Waals surface area contributed by atoms with Crippen LogP contribution in [0.1, 0.15) is 98.2 Å². The van der Waals surface area contributed by atoms with Crippen molar-refractivity contribution >= 4 is 112 Å². The molecule has 0 unspecified atom stereocenters. The van der Waals surface area contributed by atoms with Gasteiger partial charge in [-0.3, -0.25) is 81.5 Å². The fourth-order valence-corrected chi connectivity index (χ4v) is 11.9. The minimum atomic E-state index is -1.80. The van der Waals surface area contributed by atoms with Gasteiger partial charge >= 0.3 is 0 Å². The van der Waals surface area contributed by atoms with E-state index in [4.69, 9.17) is 17.2 Å². The molecule has 2 aromatic rings. The van der Waals surface area contributed by atoms with Gasteiger partial charge in [-0.2, -0.15) is 0 Å². The van der Waals surface area contributed by atoms with E-state index in [0.717, 1.165) is 42.3 Å². The Labute approximate surface area is 625 Å². The molecule has 0 aliphatic carbocycles. The molecule has 18 N–H and O–H groups in total. The summed E-state index contributed by atoms with van der Waals surface area (Å²) in [4.78, 5) is 247. The number of benzene rings is 1. The number of likely N-dealkylation sites (N-methyl/N-ethyl adjacent to an activating group) is 4. The van der Waals surface area contributed by atoms with Crippen molar-refractivity contribution in [1.29, 1.82) is 0 Å². The summed E-state index contributed by atoms with van der Waals surface area (Å²) in [6.45, 7) is 10.7. The molecule has 592 valence electrons. The third-order valence-electron chi connectivity index (χ3n) is 17.0. The normalized spacial score (nSPS) is 25.0. The second-order valence-corrected chi connectivity index (χ2v) is 27.3. The Kier molecular flexibility index (Phi) is 38.2. The van der Waals surface area contributed by atoms with Crippen molar-refractivity contribution in [2.75, 3.05) is 79.0 Å². The highest BCUT2D eigenvalue weighted by Gasteiger charge is 2.40. The Hall–Kier alpha value is -10.6. The van der Waals surface area contributed by atoms with Crippen molar-refractivity contribution in [1.82, 2.24) is 87.6 Å². The summed E-state index contributed by atoms with van der Waals surface area (Å²) in [6.07, 6.45) is 3.65. The Bertz CT molecular complexity index is 3460. The number of unbranched alkanes of at least 4 members (excludes halogenated alkanes) is 1. The fraction of sp³-hybridized carbons (Fsp3) is 0.588. The zero-order chi connectivity index (χ0) is 80.5. The third-order valence-corrected chi connectivity index (χ3v) is 18.0. The number of aliphatic hydroxyl groups is 1. The van der Waals surface area contributed by atoms with Gasteiger partial charge in [-0.05, 0) is 51.5 Å². The third kappa shape index (κ3) is 29.4. The standard InChI is InChI=1S/C68H106N20O18S/c1-13-16-22-51-68(106)85(10)32-55(93)78-47(28-69)61(99)83-49(59(97)73-30-53(71)91)34-107-35-56(94)77-45(25-41-20-18-17-19-21-41)66(104)86(11)40(8)58(96)80-46(27-52(70)90)67(105)88(23-14-2)50(15-3)63(101)79-43(26-42-29-72-36-74-42)60(98)81-44(24-37(4)5)65(103)84(9)31-54(92)75-38(6)57(95)82-48(33-89)62(100)76-39(7)64(102)87(51)12/h15,17-21,29,36-40,43-51,89H,3,13-14,16,22-28,30-35,69H2,1-2,4-12H3,(H2,70,90)(H2,71,91)(H,72,74)(H,73,97)(H,75,92)(H,76,100)(H,77,94)(H,78,93)(H,79,101)(H,80,96)(H,81,98)(H,82,95)(H,83,99)/t38-,39-,40-,43-,44-,45-,46-,47-,48-,49-,50-,51-/m0/s1. The van der Waals surface area contributed by atoms with E-state index in [1.807, 2.05) is 6.92 Å². The highest BCUT2D eigenvalue weighted by molar-refractivity contribution is 8.00. The van der Waals surface area contributed by atoms with Crippen molar-refractivity contribution < 1.29 is 86.6 Å². The number of nitrogens with two attached hydrogens (primary N) is 3. The van der Waals surface area contributed by atoms with E-state index in [0.29, 0.717) is 24.1 Å². The molecule has 1 aliphatic heterocycles. The Morgan fingerprint density at radius 1 is 0.636 bits per heavy atom. The zero-order valence-electron chi connectivity index (χ0n) is 62.4. The van der Waals surface area contributed by atoms with Gasteiger partial charge in [0.1, 0.15) is 72.5 Å². The highest BCUT2D eigenvalue weighted by atomic mass is 32.2. The van der Waals surface area contributed by atoms with E-state index in [1.165, 1.54) is 61.5 Å². The maximum Gasteiger partial charge on any atom is 0.247 e. The van der Waals surface area contributed by atoms with Gasteiger partial charge in [-0.15, -0.1) is 18.3 Å². The van der Waals surface area contributed by atoms with E-state index in [-0.39, 0.29) is 44.6 Å². The molecule has 0 bridgehead atoms. The average Bonchev–Trinajstić information content (AvgIpc) is 1.77.